The number of anilines is 3. The van der Waals surface area contributed by atoms with E-state index in [9.17, 15) is 0 Å². The summed E-state index contributed by atoms with van der Waals surface area (Å²) in [6.07, 6.45) is 0. The average molecular weight is 751 g/mol. The lowest BCUT2D eigenvalue weighted by atomic mass is 9.82. The fourth-order valence-corrected chi connectivity index (χ4v) is 10.8. The first-order chi connectivity index (χ1) is 29.0. The van der Waals surface area contributed by atoms with Gasteiger partial charge in [0.25, 0.3) is 0 Å². The highest BCUT2D eigenvalue weighted by atomic mass is 15.1. The second-order valence-electron chi connectivity index (χ2n) is 16.9. The predicted molar refractivity (Wildman–Crippen MR) is 251 cm³/mol. The van der Waals surface area contributed by atoms with E-state index in [2.05, 4.69) is 217 Å². The van der Waals surface area contributed by atoms with Gasteiger partial charge in [0.2, 0.25) is 0 Å². The molecule has 0 fully saturated rings. The maximum Gasteiger partial charge on any atom is 0.0548 e. The molecule has 1 aromatic heterocycles. The largest absolute Gasteiger partial charge is 0.310 e. The molecule has 59 heavy (non-hydrogen) atoms. The average Bonchev–Trinajstić information content (AvgIpc) is 3.75. The number of rotatable bonds is 5. The van der Waals surface area contributed by atoms with Gasteiger partial charge in [-0.1, -0.05) is 147 Å². The standard InChI is InChI=1S/C57H38N2/c1-57(2)49-20-9-8-16-43(49)44-31-30-40(34-50(44)57)58(37-12-4-3-5-13-37)38-26-22-35(23-27-38)36-24-28-39(29-25-36)59-51-21-11-19-47-46-18-10-17-45-41-14-6-7-15-42(41)48-32-33-52(59)56(54(47)51)55(48)53(45)46/h3-34H,1-2H3. The molecule has 0 spiro atoms. The minimum Gasteiger partial charge on any atom is -0.310 e. The van der Waals surface area contributed by atoms with Crippen LogP contribution in [0, 0.1) is 0 Å². The Kier molecular flexibility index (Phi) is 6.54. The molecule has 1 aliphatic carbocycles. The molecule has 0 saturated heterocycles. The zero-order valence-corrected chi connectivity index (χ0v) is 32.9. The van der Waals surface area contributed by atoms with Crippen LogP contribution in [0.5, 0.6) is 0 Å². The predicted octanol–water partition coefficient (Wildman–Crippen LogP) is 15.7. The first kappa shape index (κ1) is 32.6. The molecule has 0 amide bonds. The van der Waals surface area contributed by atoms with E-state index < -0.39 is 0 Å². The Morgan fingerprint density at radius 2 is 0.898 bits per heavy atom. The van der Waals surface area contributed by atoms with Crippen LogP contribution in [0.4, 0.5) is 17.1 Å². The molecule has 1 aliphatic rings. The van der Waals surface area contributed by atoms with Gasteiger partial charge in [-0.25, -0.2) is 0 Å². The van der Waals surface area contributed by atoms with Gasteiger partial charge >= 0.3 is 0 Å². The molecule has 13 rings (SSSR count). The zero-order valence-electron chi connectivity index (χ0n) is 32.9. The Morgan fingerprint density at radius 3 is 1.66 bits per heavy atom. The van der Waals surface area contributed by atoms with Crippen LogP contribution in [-0.2, 0) is 5.41 Å². The normalized spacial score (nSPS) is 13.4. The first-order valence-corrected chi connectivity index (χ1v) is 20.7. The van der Waals surface area contributed by atoms with Crippen molar-refractivity contribution in [3.05, 3.63) is 205 Å². The van der Waals surface area contributed by atoms with Crippen molar-refractivity contribution in [3.63, 3.8) is 0 Å². The summed E-state index contributed by atoms with van der Waals surface area (Å²) >= 11 is 0. The van der Waals surface area contributed by atoms with E-state index in [1.54, 1.807) is 0 Å². The highest BCUT2D eigenvalue weighted by molar-refractivity contribution is 6.44. The number of fused-ring (bicyclic) bond motifs is 7. The molecule has 12 aromatic rings. The molecule has 0 radical (unpaired) electrons. The highest BCUT2D eigenvalue weighted by Gasteiger charge is 2.35. The van der Waals surface area contributed by atoms with Crippen LogP contribution in [-0.4, -0.2) is 4.57 Å². The van der Waals surface area contributed by atoms with E-state index in [0.717, 1.165) is 17.1 Å². The van der Waals surface area contributed by atoms with Crippen LogP contribution < -0.4 is 4.90 Å². The van der Waals surface area contributed by atoms with Gasteiger partial charge in [-0.05, 0) is 132 Å². The number of para-hydroxylation sites is 1. The molecule has 1 heterocycles. The number of benzene rings is 11. The summed E-state index contributed by atoms with van der Waals surface area (Å²) in [6, 6.07) is 72.1. The van der Waals surface area contributed by atoms with Crippen molar-refractivity contribution in [1.82, 2.24) is 4.57 Å². The lowest BCUT2D eigenvalue weighted by Crippen LogP contribution is -2.16. The van der Waals surface area contributed by atoms with Crippen molar-refractivity contribution in [2.75, 3.05) is 4.90 Å². The van der Waals surface area contributed by atoms with Crippen molar-refractivity contribution in [2.45, 2.75) is 19.3 Å². The quantitative estimate of drug-likeness (QED) is 0.126. The highest BCUT2D eigenvalue weighted by Crippen LogP contribution is 2.52. The van der Waals surface area contributed by atoms with Crippen molar-refractivity contribution in [2.24, 2.45) is 0 Å². The first-order valence-electron chi connectivity index (χ1n) is 20.7. The summed E-state index contributed by atoms with van der Waals surface area (Å²) in [5.74, 6) is 0. The minimum atomic E-state index is -0.0713. The fraction of sp³-hybridized carbons (Fsp3) is 0.0526. The monoisotopic (exact) mass is 750 g/mol. The van der Waals surface area contributed by atoms with E-state index in [1.807, 2.05) is 0 Å². The van der Waals surface area contributed by atoms with E-state index in [0.29, 0.717) is 0 Å². The third kappa shape index (κ3) is 4.41. The van der Waals surface area contributed by atoms with Crippen molar-refractivity contribution in [3.8, 4) is 27.9 Å². The summed E-state index contributed by atoms with van der Waals surface area (Å²) in [7, 11) is 0. The van der Waals surface area contributed by atoms with Gasteiger partial charge < -0.3 is 9.47 Å². The van der Waals surface area contributed by atoms with Crippen molar-refractivity contribution < 1.29 is 0 Å². The Hall–Kier alpha value is -7.42. The number of nitrogens with zero attached hydrogens (tertiary/aromatic N) is 2. The molecule has 0 N–H and O–H groups in total. The smallest absolute Gasteiger partial charge is 0.0548 e. The number of aromatic nitrogens is 1. The molecule has 276 valence electrons. The van der Waals surface area contributed by atoms with Crippen LogP contribution >= 0.6 is 0 Å². The summed E-state index contributed by atoms with van der Waals surface area (Å²) in [5, 5.41) is 13.4. The van der Waals surface area contributed by atoms with Crippen LogP contribution in [0.1, 0.15) is 25.0 Å². The van der Waals surface area contributed by atoms with E-state index in [1.165, 1.54) is 104 Å². The second kappa shape index (κ2) is 11.8. The van der Waals surface area contributed by atoms with Gasteiger partial charge in [0, 0.05) is 44.3 Å². The number of hydrogen-bond acceptors (Lipinski definition) is 1. The minimum absolute atomic E-state index is 0.0713. The van der Waals surface area contributed by atoms with Gasteiger partial charge in [0.1, 0.15) is 0 Å². The zero-order chi connectivity index (χ0) is 39.0. The Labute approximate surface area is 342 Å². The SMILES string of the molecule is CC1(C)c2ccccc2-c2ccc(N(c3ccccc3)c3ccc(-c4ccc(-n5c6cccc7c8cccc9c%10ccccc%10c%10ccc5c(c%10c98)c76)cc4)cc3)cc21. The van der Waals surface area contributed by atoms with Crippen molar-refractivity contribution >= 4 is 82.0 Å². The molecule has 11 aromatic carbocycles. The van der Waals surface area contributed by atoms with E-state index in [4.69, 9.17) is 0 Å². The van der Waals surface area contributed by atoms with E-state index in [-0.39, 0.29) is 5.41 Å². The van der Waals surface area contributed by atoms with Crippen molar-refractivity contribution in [1.29, 1.82) is 0 Å². The fourth-order valence-electron chi connectivity index (χ4n) is 10.8. The molecule has 0 saturated carbocycles. The Balaban J connectivity index is 0.907. The van der Waals surface area contributed by atoms with Gasteiger partial charge in [0.05, 0.1) is 11.0 Å². The summed E-state index contributed by atoms with van der Waals surface area (Å²) in [6.45, 7) is 4.70. The molecule has 0 aliphatic heterocycles. The third-order valence-electron chi connectivity index (χ3n) is 13.5. The summed E-state index contributed by atoms with van der Waals surface area (Å²) in [4.78, 5) is 2.38. The maximum absolute atomic E-state index is 2.47. The van der Waals surface area contributed by atoms with Gasteiger partial charge in [-0.15, -0.1) is 0 Å². The lowest BCUT2D eigenvalue weighted by molar-refractivity contribution is 0.660. The maximum atomic E-state index is 2.47. The summed E-state index contributed by atoms with van der Waals surface area (Å²) < 4.78 is 2.47. The lowest BCUT2D eigenvalue weighted by Gasteiger charge is -2.28. The van der Waals surface area contributed by atoms with Crippen LogP contribution in [0.2, 0.25) is 0 Å². The topological polar surface area (TPSA) is 8.17 Å². The van der Waals surface area contributed by atoms with E-state index >= 15 is 0 Å². The Morgan fingerprint density at radius 1 is 0.356 bits per heavy atom. The summed E-state index contributed by atoms with van der Waals surface area (Å²) in [5.41, 5.74) is 14.9. The third-order valence-corrected chi connectivity index (χ3v) is 13.5. The molecule has 0 unspecified atom stereocenters. The van der Waals surface area contributed by atoms with Crippen LogP contribution in [0.3, 0.4) is 0 Å². The number of hydrogen-bond donors (Lipinski definition) is 0. The molecular formula is C57H38N2. The van der Waals surface area contributed by atoms with Gasteiger partial charge in [-0.2, -0.15) is 0 Å². The van der Waals surface area contributed by atoms with Crippen LogP contribution in [0.15, 0.2) is 194 Å². The molecule has 0 bridgehead atoms. The Bertz CT molecular complexity index is 3610. The molecule has 2 heteroatoms. The molecule has 2 nitrogen and oxygen atoms in total. The molecular weight excluding hydrogens is 713 g/mol. The molecule has 0 atom stereocenters. The van der Waals surface area contributed by atoms with Gasteiger partial charge in [-0.3, -0.25) is 0 Å². The van der Waals surface area contributed by atoms with Crippen LogP contribution in [0.25, 0.3) is 92.8 Å². The second-order valence-corrected chi connectivity index (χ2v) is 16.9. The van der Waals surface area contributed by atoms with Gasteiger partial charge in [0.15, 0.2) is 0 Å².